The highest BCUT2D eigenvalue weighted by atomic mass is 35.5. The van der Waals surface area contributed by atoms with E-state index in [0.29, 0.717) is 10.8 Å². The molecule has 0 bridgehead atoms. The molecule has 0 aromatic heterocycles. The molecule has 0 saturated carbocycles. The summed E-state index contributed by atoms with van der Waals surface area (Å²) in [6.07, 6.45) is 0.866. The second-order valence-electron chi connectivity index (χ2n) is 6.09. The van der Waals surface area contributed by atoms with Crippen molar-refractivity contribution in [2.24, 2.45) is 5.41 Å². The summed E-state index contributed by atoms with van der Waals surface area (Å²) in [6.45, 7) is 7.59. The maximum atomic E-state index is 12.8. The van der Waals surface area contributed by atoms with Crippen molar-refractivity contribution in [2.75, 3.05) is 13.1 Å². The van der Waals surface area contributed by atoms with Crippen LogP contribution in [0.5, 0.6) is 0 Å². The average molecular weight is 266 g/mol. The summed E-state index contributed by atoms with van der Waals surface area (Å²) in [7, 11) is 0. The number of ketones is 1. The van der Waals surface area contributed by atoms with Crippen LogP contribution in [0.1, 0.15) is 32.8 Å². The van der Waals surface area contributed by atoms with E-state index >= 15 is 0 Å². The number of carbonyl (C=O) groups excluding carboxylic acids is 1. The van der Waals surface area contributed by atoms with Crippen LogP contribution in [0.25, 0.3) is 0 Å². The second kappa shape index (κ2) is 4.67. The Morgan fingerprint density at radius 3 is 2.33 bits per heavy atom. The highest BCUT2D eigenvalue weighted by molar-refractivity contribution is 6.30. The van der Waals surface area contributed by atoms with E-state index in [2.05, 4.69) is 5.32 Å². The number of hydrogen-bond acceptors (Lipinski definition) is 2. The van der Waals surface area contributed by atoms with E-state index in [1.807, 2.05) is 45.0 Å². The Morgan fingerprint density at radius 1 is 1.28 bits per heavy atom. The van der Waals surface area contributed by atoms with Crippen molar-refractivity contribution in [3.05, 3.63) is 34.9 Å². The zero-order valence-corrected chi connectivity index (χ0v) is 12.0. The second-order valence-corrected chi connectivity index (χ2v) is 6.53. The van der Waals surface area contributed by atoms with E-state index < -0.39 is 0 Å². The highest BCUT2D eigenvalue weighted by Crippen LogP contribution is 2.38. The van der Waals surface area contributed by atoms with Gasteiger partial charge in [0.1, 0.15) is 5.78 Å². The molecule has 1 aromatic carbocycles. The molecule has 1 saturated heterocycles. The van der Waals surface area contributed by atoms with Crippen LogP contribution in [0.15, 0.2) is 24.3 Å². The van der Waals surface area contributed by atoms with Crippen molar-refractivity contribution in [3.63, 3.8) is 0 Å². The van der Waals surface area contributed by atoms with Gasteiger partial charge < -0.3 is 5.32 Å². The van der Waals surface area contributed by atoms with Crippen LogP contribution in [-0.2, 0) is 10.2 Å². The minimum atomic E-state index is -0.386. The monoisotopic (exact) mass is 265 g/mol. The number of halogens is 1. The van der Waals surface area contributed by atoms with E-state index in [0.717, 1.165) is 25.1 Å². The number of Topliss-reactive ketones (excluding diaryl/α,β-unsaturated/α-hetero) is 1. The SMILES string of the molecule is CC(C)(C)C(=O)C1(c2ccc(Cl)cc2)CCNC1. The molecule has 0 aliphatic carbocycles. The van der Waals surface area contributed by atoms with Crippen molar-refractivity contribution in [1.82, 2.24) is 5.32 Å². The van der Waals surface area contributed by atoms with Gasteiger partial charge in [0.25, 0.3) is 0 Å². The fourth-order valence-electron chi connectivity index (χ4n) is 2.75. The zero-order chi connectivity index (χ0) is 13.4. The molecule has 1 atom stereocenters. The lowest BCUT2D eigenvalue weighted by molar-refractivity contribution is -0.131. The molecule has 3 heteroatoms. The Bertz CT molecular complexity index is 439. The van der Waals surface area contributed by atoms with Gasteiger partial charge in [-0.1, -0.05) is 44.5 Å². The lowest BCUT2D eigenvalue weighted by Gasteiger charge is -2.33. The van der Waals surface area contributed by atoms with Crippen molar-refractivity contribution >= 4 is 17.4 Å². The lowest BCUT2D eigenvalue weighted by Crippen LogP contribution is -2.44. The molecule has 2 nitrogen and oxygen atoms in total. The predicted molar refractivity (Wildman–Crippen MR) is 75.1 cm³/mol. The molecule has 1 unspecified atom stereocenters. The molecule has 1 fully saturated rings. The minimum absolute atomic E-state index is 0.308. The quantitative estimate of drug-likeness (QED) is 0.890. The number of hydrogen-bond donors (Lipinski definition) is 1. The standard InChI is InChI=1S/C15H20ClNO/c1-14(2,3)13(18)15(8-9-17-10-15)11-4-6-12(16)7-5-11/h4-7,17H,8-10H2,1-3H3. The summed E-state index contributed by atoms with van der Waals surface area (Å²) in [5, 5.41) is 4.04. The summed E-state index contributed by atoms with van der Waals surface area (Å²) in [5.41, 5.74) is 0.367. The number of benzene rings is 1. The molecular weight excluding hydrogens is 246 g/mol. The maximum Gasteiger partial charge on any atom is 0.150 e. The fourth-order valence-corrected chi connectivity index (χ4v) is 2.88. The number of nitrogens with one attached hydrogen (secondary N) is 1. The third-order valence-electron chi connectivity index (χ3n) is 3.67. The van der Waals surface area contributed by atoms with E-state index in [9.17, 15) is 4.79 Å². The summed E-state index contributed by atoms with van der Waals surface area (Å²) < 4.78 is 0. The summed E-state index contributed by atoms with van der Waals surface area (Å²) >= 11 is 5.93. The van der Waals surface area contributed by atoms with Crippen LogP contribution in [0.4, 0.5) is 0 Å². The molecule has 2 rings (SSSR count). The molecule has 0 spiro atoms. The highest BCUT2D eigenvalue weighted by Gasteiger charge is 2.46. The van der Waals surface area contributed by atoms with Gasteiger partial charge in [-0.15, -0.1) is 0 Å². The van der Waals surface area contributed by atoms with Gasteiger partial charge in [-0.3, -0.25) is 4.79 Å². The molecule has 1 aliphatic heterocycles. The molecule has 0 amide bonds. The normalized spacial score (nSPS) is 24.2. The van der Waals surface area contributed by atoms with E-state index in [1.54, 1.807) is 0 Å². The topological polar surface area (TPSA) is 29.1 Å². The first kappa shape index (κ1) is 13.6. The van der Waals surface area contributed by atoms with Crippen LogP contribution in [-0.4, -0.2) is 18.9 Å². The van der Waals surface area contributed by atoms with E-state index in [-0.39, 0.29) is 10.8 Å². The molecule has 0 radical (unpaired) electrons. The van der Waals surface area contributed by atoms with Gasteiger partial charge in [0.2, 0.25) is 0 Å². The maximum absolute atomic E-state index is 12.8. The molecular formula is C15H20ClNO. The molecule has 98 valence electrons. The Morgan fingerprint density at radius 2 is 1.89 bits per heavy atom. The van der Waals surface area contributed by atoms with Gasteiger partial charge >= 0.3 is 0 Å². The summed E-state index contributed by atoms with van der Waals surface area (Å²) in [6, 6.07) is 7.71. The fraction of sp³-hybridized carbons (Fsp3) is 0.533. The molecule has 1 N–H and O–H groups in total. The Labute approximate surface area is 114 Å². The third kappa shape index (κ3) is 2.32. The average Bonchev–Trinajstić information content (AvgIpc) is 2.78. The van der Waals surface area contributed by atoms with Gasteiger partial charge in [-0.2, -0.15) is 0 Å². The van der Waals surface area contributed by atoms with E-state index in [1.165, 1.54) is 0 Å². The molecule has 1 aromatic rings. The van der Waals surface area contributed by atoms with Gasteiger partial charge in [0, 0.05) is 17.0 Å². The minimum Gasteiger partial charge on any atom is -0.315 e. The lowest BCUT2D eigenvalue weighted by atomic mass is 9.68. The third-order valence-corrected chi connectivity index (χ3v) is 3.92. The number of carbonyl (C=O) groups is 1. The molecule has 1 heterocycles. The van der Waals surface area contributed by atoms with E-state index in [4.69, 9.17) is 11.6 Å². The van der Waals surface area contributed by atoms with Crippen LogP contribution < -0.4 is 5.32 Å². The van der Waals surface area contributed by atoms with Crippen LogP contribution >= 0.6 is 11.6 Å². The molecule has 1 aliphatic rings. The van der Waals surface area contributed by atoms with Gasteiger partial charge in [-0.05, 0) is 30.7 Å². The van der Waals surface area contributed by atoms with Gasteiger partial charge in [0.15, 0.2) is 0 Å². The smallest absolute Gasteiger partial charge is 0.150 e. The number of rotatable bonds is 2. The van der Waals surface area contributed by atoms with Crippen molar-refractivity contribution in [1.29, 1.82) is 0 Å². The van der Waals surface area contributed by atoms with Crippen LogP contribution in [0.3, 0.4) is 0 Å². The Balaban J connectivity index is 2.45. The van der Waals surface area contributed by atoms with Gasteiger partial charge in [-0.25, -0.2) is 0 Å². The van der Waals surface area contributed by atoms with Crippen molar-refractivity contribution in [3.8, 4) is 0 Å². The largest absolute Gasteiger partial charge is 0.315 e. The van der Waals surface area contributed by atoms with Crippen LogP contribution in [0, 0.1) is 5.41 Å². The van der Waals surface area contributed by atoms with Gasteiger partial charge in [0.05, 0.1) is 5.41 Å². The first-order valence-electron chi connectivity index (χ1n) is 6.38. The first-order chi connectivity index (χ1) is 8.36. The Kier molecular flexibility index (Phi) is 3.52. The Hall–Kier alpha value is -0.860. The molecule has 18 heavy (non-hydrogen) atoms. The zero-order valence-electron chi connectivity index (χ0n) is 11.2. The summed E-state index contributed by atoms with van der Waals surface area (Å²) in [4.78, 5) is 12.8. The predicted octanol–water partition coefficient (Wildman–Crippen LogP) is 3.19. The van der Waals surface area contributed by atoms with Crippen molar-refractivity contribution in [2.45, 2.75) is 32.6 Å². The van der Waals surface area contributed by atoms with Crippen LogP contribution in [0.2, 0.25) is 5.02 Å². The first-order valence-corrected chi connectivity index (χ1v) is 6.76. The summed E-state index contributed by atoms with van der Waals surface area (Å²) in [5.74, 6) is 0.308. The van der Waals surface area contributed by atoms with Crippen molar-refractivity contribution < 1.29 is 4.79 Å².